The number of rotatable bonds is 7. The van der Waals surface area contributed by atoms with Crippen LogP contribution in [0, 0.1) is 6.92 Å². The first-order valence-corrected chi connectivity index (χ1v) is 10.7. The fourth-order valence-corrected chi connectivity index (χ4v) is 3.72. The van der Waals surface area contributed by atoms with Crippen molar-refractivity contribution in [3.05, 3.63) is 89.1 Å². The van der Waals surface area contributed by atoms with Crippen molar-refractivity contribution in [1.29, 1.82) is 0 Å². The van der Waals surface area contributed by atoms with Gasteiger partial charge in [-0.25, -0.2) is 18.1 Å². The Balaban J connectivity index is 1.62. The zero-order valence-corrected chi connectivity index (χ0v) is 17.4. The molecule has 0 saturated carbocycles. The minimum atomic E-state index is -3.72. The van der Waals surface area contributed by atoms with Gasteiger partial charge in [-0.1, -0.05) is 30.3 Å². The summed E-state index contributed by atoms with van der Waals surface area (Å²) in [5.41, 5.74) is 2.38. The average molecular weight is 423 g/mol. The highest BCUT2D eigenvalue weighted by molar-refractivity contribution is 7.89. The van der Waals surface area contributed by atoms with Gasteiger partial charge in [0.05, 0.1) is 4.90 Å². The topological polar surface area (TPSA) is 105 Å². The summed E-state index contributed by atoms with van der Waals surface area (Å²) in [4.78, 5) is 27.9. The molecule has 2 N–H and O–H groups in total. The van der Waals surface area contributed by atoms with Gasteiger partial charge in [0.2, 0.25) is 10.0 Å². The summed E-state index contributed by atoms with van der Waals surface area (Å²) in [5.74, 6) is 0.0348. The number of anilines is 1. The van der Waals surface area contributed by atoms with Gasteiger partial charge in [0.25, 0.3) is 5.91 Å². The molecule has 0 aliphatic carbocycles. The van der Waals surface area contributed by atoms with E-state index in [1.807, 2.05) is 13.0 Å². The Morgan fingerprint density at radius 3 is 2.13 bits per heavy atom. The molecule has 30 heavy (non-hydrogen) atoms. The molecule has 0 unspecified atom stereocenters. The van der Waals surface area contributed by atoms with Crippen LogP contribution in [0.25, 0.3) is 0 Å². The lowest BCUT2D eigenvalue weighted by molar-refractivity contribution is 0.101. The van der Waals surface area contributed by atoms with E-state index in [0.29, 0.717) is 22.5 Å². The van der Waals surface area contributed by atoms with Gasteiger partial charge in [0, 0.05) is 23.4 Å². The molecule has 1 heterocycles. The number of hydrogen-bond acceptors (Lipinski definition) is 5. The van der Waals surface area contributed by atoms with Gasteiger partial charge in [0.15, 0.2) is 5.78 Å². The van der Waals surface area contributed by atoms with Crippen molar-refractivity contribution >= 4 is 27.5 Å². The standard InChI is InChI=1S/C22H21N3O4S/c1-15-4-3-5-21(24-15)25-22(27)19-8-6-17(7-9-19)14-23-30(28,29)20-12-10-18(11-13-20)16(2)26/h3-13,23H,14H2,1-2H3,(H,24,25,27). The monoisotopic (exact) mass is 423 g/mol. The SMILES string of the molecule is CC(=O)c1ccc(S(=O)(=O)NCc2ccc(C(=O)Nc3cccc(C)n3)cc2)cc1. The number of amides is 1. The molecule has 154 valence electrons. The number of aromatic nitrogens is 1. The summed E-state index contributed by atoms with van der Waals surface area (Å²) in [6, 6.07) is 17.7. The van der Waals surface area contributed by atoms with Crippen LogP contribution in [0.5, 0.6) is 0 Å². The number of hydrogen-bond donors (Lipinski definition) is 2. The highest BCUT2D eigenvalue weighted by Crippen LogP contribution is 2.13. The summed E-state index contributed by atoms with van der Waals surface area (Å²) >= 11 is 0. The Morgan fingerprint density at radius 1 is 0.900 bits per heavy atom. The van der Waals surface area contributed by atoms with Crippen LogP contribution in [-0.2, 0) is 16.6 Å². The van der Waals surface area contributed by atoms with Crippen molar-refractivity contribution in [3.8, 4) is 0 Å². The Labute approximate surface area is 175 Å². The van der Waals surface area contributed by atoms with Gasteiger partial charge < -0.3 is 5.32 Å². The van der Waals surface area contributed by atoms with Gasteiger partial charge in [-0.15, -0.1) is 0 Å². The van der Waals surface area contributed by atoms with Crippen LogP contribution in [0.2, 0.25) is 0 Å². The fourth-order valence-electron chi connectivity index (χ4n) is 2.71. The van der Waals surface area contributed by atoms with E-state index >= 15 is 0 Å². The molecule has 0 atom stereocenters. The van der Waals surface area contributed by atoms with Crippen LogP contribution < -0.4 is 10.0 Å². The summed E-state index contributed by atoms with van der Waals surface area (Å²) in [6.45, 7) is 3.32. The molecule has 0 fully saturated rings. The second-order valence-corrected chi connectivity index (χ2v) is 8.49. The van der Waals surface area contributed by atoms with Crippen molar-refractivity contribution in [2.45, 2.75) is 25.3 Å². The van der Waals surface area contributed by atoms with Gasteiger partial charge in [-0.05, 0) is 55.8 Å². The maximum absolute atomic E-state index is 12.4. The summed E-state index contributed by atoms with van der Waals surface area (Å²) in [6.07, 6.45) is 0. The molecule has 0 radical (unpaired) electrons. The molecule has 0 spiro atoms. The average Bonchev–Trinajstić information content (AvgIpc) is 2.73. The Morgan fingerprint density at radius 2 is 1.53 bits per heavy atom. The van der Waals surface area contributed by atoms with Gasteiger partial charge in [-0.2, -0.15) is 0 Å². The number of ketones is 1. The van der Waals surface area contributed by atoms with Crippen LogP contribution in [0.3, 0.4) is 0 Å². The number of sulfonamides is 1. The molecule has 1 amide bonds. The zero-order valence-electron chi connectivity index (χ0n) is 16.5. The number of benzene rings is 2. The third kappa shape index (κ3) is 5.37. The second kappa shape index (κ2) is 8.98. The molecule has 1 aromatic heterocycles. The molecule has 0 aliphatic heterocycles. The molecule has 7 nitrogen and oxygen atoms in total. The number of pyridine rings is 1. The number of carbonyl (C=O) groups excluding carboxylic acids is 2. The van der Waals surface area contributed by atoms with Crippen molar-refractivity contribution in [2.24, 2.45) is 0 Å². The molecule has 0 aliphatic rings. The number of aryl methyl sites for hydroxylation is 1. The predicted octanol–water partition coefficient (Wildman–Crippen LogP) is 3.32. The zero-order chi connectivity index (χ0) is 21.7. The molecule has 3 rings (SSSR count). The summed E-state index contributed by atoms with van der Waals surface area (Å²) in [5, 5.41) is 2.72. The smallest absolute Gasteiger partial charge is 0.256 e. The van der Waals surface area contributed by atoms with Crippen LogP contribution in [0.4, 0.5) is 5.82 Å². The van der Waals surface area contributed by atoms with E-state index in [0.717, 1.165) is 5.69 Å². The maximum Gasteiger partial charge on any atom is 0.256 e. The molecule has 8 heteroatoms. The molecule has 2 aromatic carbocycles. The Bertz CT molecular complexity index is 1170. The van der Waals surface area contributed by atoms with E-state index in [1.165, 1.54) is 31.2 Å². The lowest BCUT2D eigenvalue weighted by atomic mass is 10.1. The molecule has 3 aromatic rings. The van der Waals surface area contributed by atoms with E-state index < -0.39 is 10.0 Å². The normalized spacial score (nSPS) is 11.1. The number of carbonyl (C=O) groups is 2. The number of nitrogens with zero attached hydrogens (tertiary/aromatic N) is 1. The van der Waals surface area contributed by atoms with Crippen molar-refractivity contribution < 1.29 is 18.0 Å². The fraction of sp³-hybridized carbons (Fsp3) is 0.136. The highest BCUT2D eigenvalue weighted by Gasteiger charge is 2.14. The van der Waals surface area contributed by atoms with E-state index in [4.69, 9.17) is 0 Å². The highest BCUT2D eigenvalue weighted by atomic mass is 32.2. The van der Waals surface area contributed by atoms with Crippen molar-refractivity contribution in [2.75, 3.05) is 5.32 Å². The Kier molecular flexibility index (Phi) is 6.39. The van der Waals surface area contributed by atoms with Gasteiger partial charge in [-0.3, -0.25) is 9.59 Å². The summed E-state index contributed by atoms with van der Waals surface area (Å²) in [7, 11) is -3.72. The van der Waals surface area contributed by atoms with E-state index in [-0.39, 0.29) is 23.1 Å². The minimum Gasteiger partial charge on any atom is -0.307 e. The Hall–Kier alpha value is -3.36. The van der Waals surface area contributed by atoms with Crippen molar-refractivity contribution in [3.63, 3.8) is 0 Å². The largest absolute Gasteiger partial charge is 0.307 e. The molecular weight excluding hydrogens is 402 g/mol. The van der Waals surface area contributed by atoms with Crippen LogP contribution in [0.1, 0.15) is 38.9 Å². The van der Waals surface area contributed by atoms with Gasteiger partial charge in [0.1, 0.15) is 5.82 Å². The third-order valence-electron chi connectivity index (χ3n) is 4.38. The first-order valence-electron chi connectivity index (χ1n) is 9.19. The lowest BCUT2D eigenvalue weighted by Gasteiger charge is -2.09. The maximum atomic E-state index is 12.4. The second-order valence-electron chi connectivity index (χ2n) is 6.72. The van der Waals surface area contributed by atoms with Crippen LogP contribution >= 0.6 is 0 Å². The van der Waals surface area contributed by atoms with Gasteiger partial charge >= 0.3 is 0 Å². The first-order chi connectivity index (χ1) is 14.2. The summed E-state index contributed by atoms with van der Waals surface area (Å²) < 4.78 is 27.4. The van der Waals surface area contributed by atoms with E-state index in [9.17, 15) is 18.0 Å². The first kappa shape index (κ1) is 21.4. The molecule has 0 bridgehead atoms. The van der Waals surface area contributed by atoms with E-state index in [1.54, 1.807) is 36.4 Å². The van der Waals surface area contributed by atoms with Crippen LogP contribution in [-0.4, -0.2) is 25.1 Å². The third-order valence-corrected chi connectivity index (χ3v) is 5.80. The quantitative estimate of drug-likeness (QED) is 0.567. The van der Waals surface area contributed by atoms with Crippen LogP contribution in [0.15, 0.2) is 71.6 Å². The molecule has 0 saturated heterocycles. The molecular formula is C22H21N3O4S. The lowest BCUT2D eigenvalue weighted by Crippen LogP contribution is -2.23. The predicted molar refractivity (Wildman–Crippen MR) is 114 cm³/mol. The number of Topliss-reactive ketones (excluding diaryl/α,β-unsaturated/α-hetero) is 1. The minimum absolute atomic E-state index is 0.0676. The van der Waals surface area contributed by atoms with E-state index in [2.05, 4.69) is 15.0 Å². The number of nitrogens with one attached hydrogen (secondary N) is 2. The van der Waals surface area contributed by atoms with Crippen molar-refractivity contribution in [1.82, 2.24) is 9.71 Å².